The lowest BCUT2D eigenvalue weighted by molar-refractivity contribution is -0.161. The molecule has 0 aromatic carbocycles. The molecule has 0 spiro atoms. The second-order valence-corrected chi connectivity index (χ2v) is 23.0. The zero-order valence-corrected chi connectivity index (χ0v) is 53.8. The third-order valence-electron chi connectivity index (χ3n) is 13.7. The van der Waals surface area contributed by atoms with Crippen molar-refractivity contribution in [3.8, 4) is 0 Å². The van der Waals surface area contributed by atoms with E-state index < -0.39 is 32.5 Å². The molecule has 472 valence electrons. The van der Waals surface area contributed by atoms with Gasteiger partial charge in [-0.1, -0.05) is 288 Å². The van der Waals surface area contributed by atoms with Crippen molar-refractivity contribution >= 4 is 19.8 Å². The Bertz CT molecular complexity index is 1870. The van der Waals surface area contributed by atoms with Crippen LogP contribution in [0.25, 0.3) is 0 Å². The number of carbonyl (C=O) groups is 2. The number of hydrogen-bond acceptors (Lipinski definition) is 8. The van der Waals surface area contributed by atoms with Crippen molar-refractivity contribution in [2.45, 2.75) is 277 Å². The maximum absolute atomic E-state index is 12.8. The van der Waals surface area contributed by atoms with E-state index in [1.807, 2.05) is 0 Å². The van der Waals surface area contributed by atoms with Gasteiger partial charge in [0, 0.05) is 19.4 Å². The van der Waals surface area contributed by atoms with Gasteiger partial charge in [0.1, 0.15) is 6.61 Å². The third kappa shape index (κ3) is 66.9. The van der Waals surface area contributed by atoms with Gasteiger partial charge in [-0.05, 0) is 116 Å². The van der Waals surface area contributed by atoms with E-state index in [0.29, 0.717) is 12.8 Å². The van der Waals surface area contributed by atoms with Crippen molar-refractivity contribution < 1.29 is 37.6 Å². The molecule has 0 saturated heterocycles. The van der Waals surface area contributed by atoms with Crippen molar-refractivity contribution in [2.24, 2.45) is 5.73 Å². The third-order valence-corrected chi connectivity index (χ3v) is 14.7. The summed E-state index contributed by atoms with van der Waals surface area (Å²) in [4.78, 5) is 35.3. The van der Waals surface area contributed by atoms with Gasteiger partial charge in [-0.25, -0.2) is 4.57 Å². The number of nitrogens with two attached hydrogens (primary N) is 1. The smallest absolute Gasteiger partial charge is 0.462 e. The van der Waals surface area contributed by atoms with Crippen LogP contribution in [0, 0.1) is 0 Å². The van der Waals surface area contributed by atoms with E-state index >= 15 is 0 Å². The summed E-state index contributed by atoms with van der Waals surface area (Å²) in [6.07, 6.45) is 96.5. The SMILES string of the molecule is CC/C=C\C/C=C\C/C=C\C/C=C\C/C=C\C/C=C\CCCCCCCCCCCCCCCCCCCCCCC(=O)OC(COC(=O)CCCCCC/C=C\C/C=C\C/C=C\C/C=C\C/C=C\C/C=C\CC)COP(=O)(O)OCCN. The second-order valence-electron chi connectivity index (χ2n) is 21.6. The van der Waals surface area contributed by atoms with E-state index in [1.165, 1.54) is 109 Å². The summed E-state index contributed by atoms with van der Waals surface area (Å²) in [6, 6.07) is 0. The molecule has 0 fully saturated rings. The van der Waals surface area contributed by atoms with Gasteiger partial charge in [-0.3, -0.25) is 18.6 Å². The van der Waals surface area contributed by atoms with Gasteiger partial charge in [-0.2, -0.15) is 0 Å². The first-order valence-electron chi connectivity index (χ1n) is 33.3. The molecule has 3 N–H and O–H groups in total. The summed E-state index contributed by atoms with van der Waals surface area (Å²) >= 11 is 0. The maximum Gasteiger partial charge on any atom is 0.472 e. The van der Waals surface area contributed by atoms with Crippen LogP contribution in [0.2, 0.25) is 0 Å². The molecule has 0 amide bonds. The van der Waals surface area contributed by atoms with Crippen molar-refractivity contribution in [1.82, 2.24) is 0 Å². The van der Waals surface area contributed by atoms with Crippen LogP contribution in [0.1, 0.15) is 271 Å². The van der Waals surface area contributed by atoms with Gasteiger partial charge in [0.2, 0.25) is 0 Å². The lowest BCUT2D eigenvalue weighted by Crippen LogP contribution is -2.29. The fraction of sp³-hybridized carbons (Fsp3) is 0.644. The first-order valence-corrected chi connectivity index (χ1v) is 34.8. The van der Waals surface area contributed by atoms with Crippen LogP contribution >= 0.6 is 7.82 Å². The topological polar surface area (TPSA) is 134 Å². The highest BCUT2D eigenvalue weighted by Gasteiger charge is 2.26. The molecule has 0 aliphatic heterocycles. The molecule has 0 aromatic heterocycles. The minimum Gasteiger partial charge on any atom is -0.462 e. The Morgan fingerprint density at radius 1 is 0.361 bits per heavy atom. The largest absolute Gasteiger partial charge is 0.472 e. The second kappa shape index (κ2) is 67.0. The van der Waals surface area contributed by atoms with Crippen LogP contribution in [0.3, 0.4) is 0 Å². The molecule has 2 unspecified atom stereocenters. The maximum atomic E-state index is 12.8. The standard InChI is InChI=1S/C73H122NO8P/c1-3-5-7-9-11-13-15-17-19-21-23-25-27-28-29-30-31-32-33-34-35-36-37-38-39-40-41-42-44-46-48-50-52-54-56-58-60-62-64-66-73(76)82-71(70-81-83(77,78)80-68-67-74)69-79-72(75)65-63-61-59-57-55-53-51-49-47-45-43-26-24-22-20-18-16-14-12-10-8-6-4-2/h5-8,11-14,17-20,23-26,28-29,31-32,45,47,51,53,71H,3-4,9-10,15-16,21-22,27,30,33-44,46,48-50,52,54-70,74H2,1-2H3,(H,77,78)/b7-5-,8-6-,13-11-,14-12-,19-17-,20-18-,25-23-,26-24-,29-28-,32-31-,47-45-,53-51-. The van der Waals surface area contributed by atoms with Crippen LogP contribution in [-0.2, 0) is 32.7 Å². The predicted molar refractivity (Wildman–Crippen MR) is 357 cm³/mol. The summed E-state index contributed by atoms with van der Waals surface area (Å²) in [5, 5.41) is 0. The molecule has 2 atom stereocenters. The van der Waals surface area contributed by atoms with Crippen molar-refractivity contribution in [3.05, 3.63) is 146 Å². The molecule has 0 bridgehead atoms. The number of unbranched alkanes of at least 4 members (excludes halogenated alkanes) is 24. The first-order chi connectivity index (χ1) is 40.8. The van der Waals surface area contributed by atoms with E-state index in [0.717, 1.165) is 122 Å². The monoisotopic (exact) mass is 1170 g/mol. The Kier molecular flexibility index (Phi) is 63.7. The zero-order valence-electron chi connectivity index (χ0n) is 52.9. The normalized spacial score (nSPS) is 13.9. The quantitative estimate of drug-likeness (QED) is 0.0264. The zero-order chi connectivity index (χ0) is 60.1. The first kappa shape index (κ1) is 78.9. The number of esters is 2. The van der Waals surface area contributed by atoms with Gasteiger partial charge in [0.25, 0.3) is 0 Å². The van der Waals surface area contributed by atoms with E-state index in [4.69, 9.17) is 24.3 Å². The summed E-state index contributed by atoms with van der Waals surface area (Å²) in [5.41, 5.74) is 5.39. The number of ether oxygens (including phenoxy) is 2. The molecule has 0 aromatic rings. The predicted octanol–water partition coefficient (Wildman–Crippen LogP) is 21.9. The molecule has 83 heavy (non-hydrogen) atoms. The van der Waals surface area contributed by atoms with Crippen molar-refractivity contribution in [2.75, 3.05) is 26.4 Å². The molecule has 10 heteroatoms. The molecule has 0 aliphatic carbocycles. The van der Waals surface area contributed by atoms with Crippen molar-refractivity contribution in [1.29, 1.82) is 0 Å². The lowest BCUT2D eigenvalue weighted by atomic mass is 10.0. The molecule has 0 radical (unpaired) electrons. The van der Waals surface area contributed by atoms with Crippen LogP contribution < -0.4 is 5.73 Å². The van der Waals surface area contributed by atoms with Crippen molar-refractivity contribution in [3.63, 3.8) is 0 Å². The molecule has 9 nitrogen and oxygen atoms in total. The average Bonchev–Trinajstić information content (AvgIpc) is 3.48. The van der Waals surface area contributed by atoms with E-state index in [1.54, 1.807) is 0 Å². The van der Waals surface area contributed by atoms with Gasteiger partial charge in [0.05, 0.1) is 13.2 Å². The summed E-state index contributed by atoms with van der Waals surface area (Å²) in [5.74, 6) is -0.858. The van der Waals surface area contributed by atoms with Gasteiger partial charge >= 0.3 is 19.8 Å². The van der Waals surface area contributed by atoms with Crippen LogP contribution in [0.4, 0.5) is 0 Å². The average molecular weight is 1170 g/mol. The Hall–Kier alpha value is -4.11. The van der Waals surface area contributed by atoms with Crippen LogP contribution in [-0.4, -0.2) is 49.3 Å². The molecular weight excluding hydrogens is 1050 g/mol. The molecule has 0 saturated carbocycles. The van der Waals surface area contributed by atoms with E-state index in [2.05, 4.69) is 160 Å². The van der Waals surface area contributed by atoms with Gasteiger partial charge in [0.15, 0.2) is 6.10 Å². The Morgan fingerprint density at radius 3 is 0.928 bits per heavy atom. The molecule has 0 rings (SSSR count). The number of rotatable bonds is 61. The van der Waals surface area contributed by atoms with E-state index in [9.17, 15) is 19.0 Å². The minimum atomic E-state index is -4.41. The van der Waals surface area contributed by atoms with Crippen LogP contribution in [0.15, 0.2) is 146 Å². The van der Waals surface area contributed by atoms with Gasteiger partial charge in [-0.15, -0.1) is 0 Å². The number of carbonyl (C=O) groups excluding carboxylic acids is 2. The summed E-state index contributed by atoms with van der Waals surface area (Å²) < 4.78 is 33.1. The Labute approximate surface area is 509 Å². The van der Waals surface area contributed by atoms with Crippen LogP contribution in [0.5, 0.6) is 0 Å². The fourth-order valence-corrected chi connectivity index (χ4v) is 9.64. The number of phosphoric acid groups is 1. The fourth-order valence-electron chi connectivity index (χ4n) is 8.88. The number of phosphoric ester groups is 1. The number of hydrogen-bond donors (Lipinski definition) is 2. The highest BCUT2D eigenvalue weighted by molar-refractivity contribution is 7.47. The highest BCUT2D eigenvalue weighted by atomic mass is 31.2. The molecule has 0 aliphatic rings. The Balaban J connectivity index is 3.91. The highest BCUT2D eigenvalue weighted by Crippen LogP contribution is 2.43. The minimum absolute atomic E-state index is 0.0439. The lowest BCUT2D eigenvalue weighted by Gasteiger charge is -2.19. The van der Waals surface area contributed by atoms with E-state index in [-0.39, 0.29) is 32.6 Å². The summed E-state index contributed by atoms with van der Waals surface area (Å²) in [7, 11) is -4.41. The number of allylic oxidation sites excluding steroid dienone is 24. The molecule has 0 heterocycles. The molecular formula is C73H122NO8P. The Morgan fingerprint density at radius 2 is 0.627 bits per heavy atom. The summed E-state index contributed by atoms with van der Waals surface area (Å²) in [6.45, 7) is 3.49. The van der Waals surface area contributed by atoms with Gasteiger partial charge < -0.3 is 20.1 Å².